The minimum Gasteiger partial charge on any atom is -0.345 e. The molecule has 0 aromatic heterocycles. The molecule has 8 aromatic carbocycles. The highest BCUT2D eigenvalue weighted by molar-refractivity contribution is 5.92. The Morgan fingerprint density at radius 2 is 0.671 bits per heavy atom. The van der Waals surface area contributed by atoms with Crippen molar-refractivity contribution in [3.05, 3.63) is 234 Å². The molecule has 0 spiro atoms. The number of hydrogen-bond donors (Lipinski definition) is 0. The molecule has 2 aliphatic rings. The summed E-state index contributed by atoms with van der Waals surface area (Å²) < 4.78 is 0. The largest absolute Gasteiger partial charge is 0.345 e. The number of rotatable bonds is 7. The molecular formula is C71H98N2. The van der Waals surface area contributed by atoms with Crippen molar-refractivity contribution in [3.8, 4) is 22.3 Å². The maximum absolute atomic E-state index is 2.48. The van der Waals surface area contributed by atoms with E-state index in [0.29, 0.717) is 0 Å². The Bertz CT molecular complexity index is 2560. The summed E-state index contributed by atoms with van der Waals surface area (Å²) in [5, 5.41) is 0. The lowest BCUT2D eigenvalue weighted by molar-refractivity contribution is 0.768. The van der Waals surface area contributed by atoms with E-state index >= 15 is 0 Å². The molecule has 0 amide bonds. The van der Waals surface area contributed by atoms with Gasteiger partial charge in [0.2, 0.25) is 0 Å². The fourth-order valence-corrected chi connectivity index (χ4v) is 8.97. The Kier molecular flexibility index (Phi) is 34.6. The molecule has 0 bridgehead atoms. The second-order valence-corrected chi connectivity index (χ2v) is 14.1. The molecule has 0 heterocycles. The molecule has 2 heteroatoms. The van der Waals surface area contributed by atoms with Crippen molar-refractivity contribution in [2.45, 2.75) is 150 Å². The summed E-state index contributed by atoms with van der Waals surface area (Å²) in [4.78, 5) is 4.77. The first-order chi connectivity index (χ1) is 36.2. The smallest absolute Gasteiger partial charge is 0.0715 e. The zero-order valence-electron chi connectivity index (χ0n) is 49.7. The molecule has 392 valence electrons. The number of anilines is 5. The van der Waals surface area contributed by atoms with Crippen LogP contribution >= 0.6 is 0 Å². The van der Waals surface area contributed by atoms with Gasteiger partial charge >= 0.3 is 0 Å². The first kappa shape index (κ1) is 66.4. The average Bonchev–Trinajstić information content (AvgIpc) is 4.05. The standard InChI is InChI=1S/C51H38N2.10C2H6/c1-52(39-22-10-4-11-23-39)41-29-31-45-46-32-30-42(35-49(46)51(48(45)34-41,37-18-6-2-7-19-37)38-20-8-3-9-21-38)53(40-24-12-5-13-25-40)50-28-16-27-44-43-26-15-14-17-36(43)33-47(44)50;10*1-2/h2-32,34-35H,33H2,1H3;10*1-2H3. The quantitative estimate of drug-likeness (QED) is 0.157. The van der Waals surface area contributed by atoms with Crippen molar-refractivity contribution in [3.63, 3.8) is 0 Å². The third-order valence-electron chi connectivity index (χ3n) is 11.4. The van der Waals surface area contributed by atoms with E-state index < -0.39 is 5.41 Å². The van der Waals surface area contributed by atoms with E-state index in [1.807, 2.05) is 138 Å². The number of para-hydroxylation sites is 2. The van der Waals surface area contributed by atoms with Gasteiger partial charge in [0.25, 0.3) is 0 Å². The first-order valence-electron chi connectivity index (χ1n) is 28.5. The Balaban J connectivity index is 0.00000233. The van der Waals surface area contributed by atoms with Crippen LogP contribution < -0.4 is 9.80 Å². The van der Waals surface area contributed by atoms with Crippen LogP contribution in [-0.2, 0) is 11.8 Å². The van der Waals surface area contributed by atoms with Gasteiger partial charge in [0.15, 0.2) is 0 Å². The molecule has 0 saturated heterocycles. The minimum absolute atomic E-state index is 0.548. The number of hydrogen-bond acceptors (Lipinski definition) is 2. The fourth-order valence-electron chi connectivity index (χ4n) is 8.97. The van der Waals surface area contributed by atoms with E-state index in [4.69, 9.17) is 0 Å². The van der Waals surface area contributed by atoms with Gasteiger partial charge in [0.05, 0.1) is 11.1 Å². The lowest BCUT2D eigenvalue weighted by atomic mass is 9.67. The van der Waals surface area contributed by atoms with E-state index in [1.165, 1.54) is 61.3 Å². The van der Waals surface area contributed by atoms with Crippen molar-refractivity contribution in [2.75, 3.05) is 16.8 Å². The van der Waals surface area contributed by atoms with Crippen molar-refractivity contribution in [1.82, 2.24) is 0 Å². The van der Waals surface area contributed by atoms with E-state index in [-0.39, 0.29) is 0 Å². The van der Waals surface area contributed by atoms with E-state index in [1.54, 1.807) is 0 Å². The van der Waals surface area contributed by atoms with Gasteiger partial charge in [-0.15, -0.1) is 0 Å². The predicted molar refractivity (Wildman–Crippen MR) is 335 cm³/mol. The van der Waals surface area contributed by atoms with E-state index in [9.17, 15) is 0 Å². The molecule has 0 N–H and O–H groups in total. The maximum atomic E-state index is 2.48. The summed E-state index contributed by atoms with van der Waals surface area (Å²) in [6, 6.07) is 73.6. The third kappa shape index (κ3) is 15.0. The monoisotopic (exact) mass is 979 g/mol. The van der Waals surface area contributed by atoms with Gasteiger partial charge in [-0.05, 0) is 110 Å². The van der Waals surface area contributed by atoms with Gasteiger partial charge in [-0.1, -0.05) is 284 Å². The van der Waals surface area contributed by atoms with Gasteiger partial charge in [0, 0.05) is 36.2 Å². The topological polar surface area (TPSA) is 6.48 Å². The Morgan fingerprint density at radius 1 is 0.301 bits per heavy atom. The Labute approximate surface area is 449 Å². The highest BCUT2D eigenvalue weighted by atomic mass is 15.1. The molecule has 0 atom stereocenters. The molecule has 0 aliphatic heterocycles. The van der Waals surface area contributed by atoms with Crippen LogP contribution in [0.25, 0.3) is 22.3 Å². The van der Waals surface area contributed by atoms with Crippen LogP contribution in [0.1, 0.15) is 172 Å². The average molecular weight is 980 g/mol. The van der Waals surface area contributed by atoms with Crippen LogP contribution in [0, 0.1) is 0 Å². The van der Waals surface area contributed by atoms with Crippen molar-refractivity contribution < 1.29 is 0 Å². The molecule has 2 aliphatic carbocycles. The molecule has 0 saturated carbocycles. The second-order valence-electron chi connectivity index (χ2n) is 14.1. The fraction of sp³-hybridized carbons (Fsp3) is 0.324. The van der Waals surface area contributed by atoms with E-state index in [2.05, 4.69) is 217 Å². The van der Waals surface area contributed by atoms with Crippen LogP contribution in [0.2, 0.25) is 0 Å². The lowest BCUT2D eigenvalue weighted by Gasteiger charge is -2.35. The van der Waals surface area contributed by atoms with Gasteiger partial charge in [0.1, 0.15) is 0 Å². The highest BCUT2D eigenvalue weighted by Crippen LogP contribution is 2.58. The molecule has 0 unspecified atom stereocenters. The van der Waals surface area contributed by atoms with Gasteiger partial charge < -0.3 is 9.80 Å². The van der Waals surface area contributed by atoms with Crippen LogP contribution in [0.15, 0.2) is 200 Å². The zero-order valence-corrected chi connectivity index (χ0v) is 49.7. The summed E-state index contributed by atoms with van der Waals surface area (Å²) in [7, 11) is 2.16. The Hall–Kier alpha value is -6.64. The lowest BCUT2D eigenvalue weighted by Crippen LogP contribution is -2.29. The van der Waals surface area contributed by atoms with Crippen molar-refractivity contribution in [2.24, 2.45) is 0 Å². The normalized spacial score (nSPS) is 10.3. The zero-order chi connectivity index (χ0) is 55.4. The summed E-state index contributed by atoms with van der Waals surface area (Å²) >= 11 is 0. The van der Waals surface area contributed by atoms with E-state index in [0.717, 1.165) is 29.2 Å². The van der Waals surface area contributed by atoms with Crippen LogP contribution in [0.5, 0.6) is 0 Å². The second kappa shape index (κ2) is 38.0. The number of fused-ring (bicyclic) bond motifs is 6. The van der Waals surface area contributed by atoms with Gasteiger partial charge in [-0.2, -0.15) is 0 Å². The molecular weight excluding hydrogens is 881 g/mol. The van der Waals surface area contributed by atoms with Crippen LogP contribution in [0.4, 0.5) is 28.4 Å². The van der Waals surface area contributed by atoms with Gasteiger partial charge in [-0.3, -0.25) is 0 Å². The Morgan fingerprint density at radius 3 is 1.14 bits per heavy atom. The SMILES string of the molecule is CC.CC.CC.CC.CC.CC.CC.CC.CC.CC.CN(c1ccccc1)c1ccc2c(c1)C(c1ccccc1)(c1ccccc1)c1cc(N(c3ccccc3)c3cccc4c3Cc3ccccc3-4)ccc1-2. The first-order valence-corrected chi connectivity index (χ1v) is 28.5. The molecule has 8 aromatic rings. The number of benzene rings is 8. The summed E-state index contributed by atoms with van der Waals surface area (Å²) in [6.07, 6.45) is 0.914. The van der Waals surface area contributed by atoms with Crippen molar-refractivity contribution >= 4 is 28.4 Å². The summed E-state index contributed by atoms with van der Waals surface area (Å²) in [5.74, 6) is 0. The summed E-state index contributed by atoms with van der Waals surface area (Å²) in [6.45, 7) is 40.0. The van der Waals surface area contributed by atoms with Crippen LogP contribution in [-0.4, -0.2) is 7.05 Å². The van der Waals surface area contributed by atoms with Crippen molar-refractivity contribution in [1.29, 1.82) is 0 Å². The summed E-state index contributed by atoms with van der Waals surface area (Å²) in [5.41, 5.74) is 18.3. The number of nitrogens with zero attached hydrogens (tertiary/aromatic N) is 2. The minimum atomic E-state index is -0.548. The highest BCUT2D eigenvalue weighted by Gasteiger charge is 2.47. The predicted octanol–water partition coefficient (Wildman–Crippen LogP) is 23.1. The third-order valence-corrected chi connectivity index (χ3v) is 11.4. The molecule has 10 rings (SSSR count). The molecule has 0 radical (unpaired) electrons. The van der Waals surface area contributed by atoms with Crippen LogP contribution in [0.3, 0.4) is 0 Å². The molecule has 73 heavy (non-hydrogen) atoms. The molecule has 2 nitrogen and oxygen atoms in total. The maximum Gasteiger partial charge on any atom is 0.0715 e. The molecule has 0 fully saturated rings. The van der Waals surface area contributed by atoms with Gasteiger partial charge in [-0.25, -0.2) is 0 Å².